The molecule has 0 unspecified atom stereocenters. The number of aryl methyl sites for hydroxylation is 1. The summed E-state index contributed by atoms with van der Waals surface area (Å²) in [6.07, 6.45) is -3.13. The van der Waals surface area contributed by atoms with Crippen LogP contribution in [0.4, 0.5) is 22.0 Å². The molecule has 0 aliphatic rings. The van der Waals surface area contributed by atoms with E-state index in [1.165, 1.54) is 31.3 Å². The number of benzene rings is 1. The second-order valence-electron chi connectivity index (χ2n) is 4.30. The topological polar surface area (TPSA) is 22.1 Å². The molecule has 2 nitrogen and oxygen atoms in total. The predicted octanol–water partition coefficient (Wildman–Crippen LogP) is 4.68. The van der Waals surface area contributed by atoms with E-state index in [1.54, 1.807) is 0 Å². The fourth-order valence-electron chi connectivity index (χ4n) is 1.78. The van der Waals surface area contributed by atoms with Crippen molar-refractivity contribution in [1.82, 2.24) is 4.98 Å². The molecule has 1 aromatic heterocycles. The lowest BCUT2D eigenvalue weighted by atomic mass is 10.0. The van der Waals surface area contributed by atoms with Gasteiger partial charge in [-0.2, -0.15) is 22.0 Å². The molecule has 1 aromatic carbocycles. The molecule has 0 N–H and O–H groups in total. The molecule has 1 heterocycles. The van der Waals surface area contributed by atoms with Gasteiger partial charge < -0.3 is 4.74 Å². The van der Waals surface area contributed by atoms with Crippen LogP contribution in [-0.4, -0.2) is 11.6 Å². The third kappa shape index (κ3) is 3.68. The van der Waals surface area contributed by atoms with Crippen molar-refractivity contribution in [1.29, 1.82) is 0 Å². The minimum atomic E-state index is -4.40. The minimum absolute atomic E-state index is 0.208. The van der Waals surface area contributed by atoms with Crippen molar-refractivity contribution in [2.24, 2.45) is 0 Å². The maximum atomic E-state index is 12.5. The Balaban J connectivity index is 2.28. The third-order valence-corrected chi connectivity index (χ3v) is 2.78. The highest BCUT2D eigenvalue weighted by Gasteiger charge is 2.29. The molecule has 112 valence electrons. The average molecular weight is 303 g/mol. The zero-order chi connectivity index (χ0) is 15.6. The molecule has 2 rings (SSSR count). The Morgan fingerprint density at radius 1 is 1.05 bits per heavy atom. The first kappa shape index (κ1) is 15.2. The minimum Gasteiger partial charge on any atom is -0.417 e. The first-order chi connectivity index (χ1) is 9.77. The predicted molar refractivity (Wildman–Crippen MR) is 66.0 cm³/mol. The van der Waals surface area contributed by atoms with Crippen LogP contribution in [0.2, 0.25) is 0 Å². The second-order valence-corrected chi connectivity index (χ2v) is 4.30. The van der Waals surface area contributed by atoms with Crippen LogP contribution < -0.4 is 4.74 Å². The average Bonchev–Trinajstić information content (AvgIpc) is 2.40. The summed E-state index contributed by atoms with van der Waals surface area (Å²) in [5, 5.41) is 0. The Kier molecular flexibility index (Phi) is 4.11. The van der Waals surface area contributed by atoms with Crippen molar-refractivity contribution < 1.29 is 26.7 Å². The molecule has 0 saturated heterocycles. The van der Waals surface area contributed by atoms with Crippen molar-refractivity contribution in [3.8, 4) is 17.0 Å². The van der Waals surface area contributed by atoms with Gasteiger partial charge in [-0.25, -0.2) is 4.98 Å². The zero-order valence-electron chi connectivity index (χ0n) is 10.8. The van der Waals surface area contributed by atoms with E-state index in [1.807, 2.05) is 0 Å². The van der Waals surface area contributed by atoms with Gasteiger partial charge in [0.05, 0.1) is 5.56 Å². The number of aromatic nitrogens is 1. The van der Waals surface area contributed by atoms with Gasteiger partial charge >= 0.3 is 12.8 Å². The lowest BCUT2D eigenvalue weighted by molar-refractivity contribution is -0.137. The van der Waals surface area contributed by atoms with Crippen molar-refractivity contribution >= 4 is 0 Å². The summed E-state index contributed by atoms with van der Waals surface area (Å²) in [5.74, 6) is -0.208. The van der Waals surface area contributed by atoms with Gasteiger partial charge in [-0.3, -0.25) is 0 Å². The Morgan fingerprint density at radius 2 is 1.67 bits per heavy atom. The Bertz CT molecular complexity index is 622. The number of hydrogen-bond acceptors (Lipinski definition) is 2. The van der Waals surface area contributed by atoms with Crippen LogP contribution in [0.15, 0.2) is 36.5 Å². The van der Waals surface area contributed by atoms with Crippen LogP contribution in [0.5, 0.6) is 5.88 Å². The number of halogens is 5. The van der Waals surface area contributed by atoms with Crippen LogP contribution in [0.25, 0.3) is 11.1 Å². The summed E-state index contributed by atoms with van der Waals surface area (Å²) in [7, 11) is 0. The number of pyridine rings is 1. The monoisotopic (exact) mass is 303 g/mol. The van der Waals surface area contributed by atoms with Crippen LogP contribution in [0.3, 0.4) is 0 Å². The van der Waals surface area contributed by atoms with Gasteiger partial charge in [0.15, 0.2) is 0 Å². The number of nitrogens with zero attached hydrogens (tertiary/aromatic N) is 1. The first-order valence-electron chi connectivity index (χ1n) is 5.86. The summed E-state index contributed by atoms with van der Waals surface area (Å²) in [5.41, 5.74) is 0.631. The zero-order valence-corrected chi connectivity index (χ0v) is 10.8. The SMILES string of the molecule is Cc1cc(-c2ccc(C(F)(F)F)cc2)cnc1OC(F)F. The Hall–Kier alpha value is -2.18. The van der Waals surface area contributed by atoms with E-state index < -0.39 is 18.4 Å². The van der Waals surface area contributed by atoms with Gasteiger partial charge in [-0.15, -0.1) is 0 Å². The molecule has 0 aliphatic heterocycles. The van der Waals surface area contributed by atoms with E-state index in [0.717, 1.165) is 12.1 Å². The van der Waals surface area contributed by atoms with E-state index in [9.17, 15) is 22.0 Å². The van der Waals surface area contributed by atoms with Crippen LogP contribution in [0.1, 0.15) is 11.1 Å². The highest BCUT2D eigenvalue weighted by Crippen LogP contribution is 2.31. The fraction of sp³-hybridized carbons (Fsp3) is 0.214. The standard InChI is InChI=1S/C14H10F5NO/c1-8-6-10(7-20-12(8)21-13(15)16)9-2-4-11(5-3-9)14(17,18)19/h2-7,13H,1H3. The van der Waals surface area contributed by atoms with Crippen LogP contribution in [0, 0.1) is 6.92 Å². The molecule has 0 spiro atoms. The number of hydrogen-bond donors (Lipinski definition) is 0. The molecule has 2 aromatic rings. The van der Waals surface area contributed by atoms with E-state index in [4.69, 9.17) is 0 Å². The van der Waals surface area contributed by atoms with Gasteiger partial charge in [-0.05, 0) is 30.7 Å². The molecule has 0 amide bonds. The maximum absolute atomic E-state index is 12.5. The van der Waals surface area contributed by atoms with Crippen molar-refractivity contribution in [3.05, 3.63) is 47.7 Å². The molecule has 21 heavy (non-hydrogen) atoms. The number of alkyl halides is 5. The van der Waals surface area contributed by atoms with E-state index in [-0.39, 0.29) is 5.88 Å². The molecule has 0 fully saturated rings. The third-order valence-electron chi connectivity index (χ3n) is 2.78. The maximum Gasteiger partial charge on any atom is 0.416 e. The smallest absolute Gasteiger partial charge is 0.416 e. The van der Waals surface area contributed by atoms with Crippen LogP contribution >= 0.6 is 0 Å². The quantitative estimate of drug-likeness (QED) is 0.768. The number of ether oxygens (including phenoxy) is 1. The van der Waals surface area contributed by atoms with Gasteiger partial charge in [0.25, 0.3) is 0 Å². The fourth-order valence-corrected chi connectivity index (χ4v) is 1.78. The number of rotatable bonds is 3. The van der Waals surface area contributed by atoms with Crippen molar-refractivity contribution in [3.63, 3.8) is 0 Å². The molecule has 0 atom stereocenters. The van der Waals surface area contributed by atoms with E-state index in [2.05, 4.69) is 9.72 Å². The largest absolute Gasteiger partial charge is 0.417 e. The summed E-state index contributed by atoms with van der Waals surface area (Å²) in [6.45, 7) is -1.45. The molecular formula is C14H10F5NO. The molecular weight excluding hydrogens is 293 g/mol. The molecule has 0 bridgehead atoms. The van der Waals surface area contributed by atoms with E-state index >= 15 is 0 Å². The summed E-state index contributed by atoms with van der Waals surface area (Å²) in [6, 6.07) is 6.02. The second kappa shape index (κ2) is 5.67. The van der Waals surface area contributed by atoms with Gasteiger partial charge in [0.1, 0.15) is 0 Å². The van der Waals surface area contributed by atoms with Gasteiger partial charge in [0.2, 0.25) is 5.88 Å². The lowest BCUT2D eigenvalue weighted by Crippen LogP contribution is -2.05. The summed E-state index contributed by atoms with van der Waals surface area (Å²) >= 11 is 0. The summed E-state index contributed by atoms with van der Waals surface area (Å²) < 4.78 is 65.8. The van der Waals surface area contributed by atoms with Crippen LogP contribution in [-0.2, 0) is 6.18 Å². The van der Waals surface area contributed by atoms with Gasteiger partial charge in [0, 0.05) is 17.3 Å². The molecule has 7 heteroatoms. The van der Waals surface area contributed by atoms with Crippen molar-refractivity contribution in [2.45, 2.75) is 19.7 Å². The molecule has 0 radical (unpaired) electrons. The summed E-state index contributed by atoms with van der Waals surface area (Å²) in [4.78, 5) is 3.74. The van der Waals surface area contributed by atoms with E-state index in [0.29, 0.717) is 16.7 Å². The first-order valence-corrected chi connectivity index (χ1v) is 5.86. The van der Waals surface area contributed by atoms with Crippen molar-refractivity contribution in [2.75, 3.05) is 0 Å². The lowest BCUT2D eigenvalue weighted by Gasteiger charge is -2.10. The highest BCUT2D eigenvalue weighted by atomic mass is 19.4. The Morgan fingerprint density at radius 3 is 2.14 bits per heavy atom. The molecule has 0 aliphatic carbocycles. The molecule has 0 saturated carbocycles. The normalized spacial score (nSPS) is 11.8. The van der Waals surface area contributed by atoms with Gasteiger partial charge in [-0.1, -0.05) is 12.1 Å². The Labute approximate surface area is 117 Å². The highest BCUT2D eigenvalue weighted by molar-refractivity contribution is 5.64.